The molecule has 2 atom stereocenters. The summed E-state index contributed by atoms with van der Waals surface area (Å²) < 4.78 is 16.3. The zero-order valence-corrected chi connectivity index (χ0v) is 14.8. The van der Waals surface area contributed by atoms with Crippen LogP contribution in [0.3, 0.4) is 0 Å². The standard InChI is InChI=1S/C18H25NO6/c1-18(2,3)25-17(22)19-8-4-5-12(19)15(21)14-11(9-20)6-7-13-16(14)24-10-23-13/h6-7,12,15,20-21H,4-5,8-10H2,1-3H3/t12-,15?/m0/s1. The normalized spacial score (nSPS) is 20.7. The number of hydrogen-bond donors (Lipinski definition) is 2. The molecule has 3 rings (SSSR count). The summed E-state index contributed by atoms with van der Waals surface area (Å²) in [6.45, 7) is 5.80. The van der Waals surface area contributed by atoms with Gasteiger partial charge >= 0.3 is 6.09 Å². The third-order valence-electron chi connectivity index (χ3n) is 4.43. The topological polar surface area (TPSA) is 88.5 Å². The van der Waals surface area contributed by atoms with E-state index in [1.165, 1.54) is 0 Å². The van der Waals surface area contributed by atoms with Gasteiger partial charge in [-0.1, -0.05) is 6.07 Å². The minimum Gasteiger partial charge on any atom is -0.454 e. The molecule has 0 radical (unpaired) electrons. The van der Waals surface area contributed by atoms with Gasteiger partial charge < -0.3 is 29.3 Å². The summed E-state index contributed by atoms with van der Waals surface area (Å²) in [7, 11) is 0. The van der Waals surface area contributed by atoms with Gasteiger partial charge in [-0.15, -0.1) is 0 Å². The summed E-state index contributed by atoms with van der Waals surface area (Å²) >= 11 is 0. The van der Waals surface area contributed by atoms with Crippen LogP contribution in [0.15, 0.2) is 12.1 Å². The van der Waals surface area contributed by atoms with Crippen LogP contribution in [0.5, 0.6) is 11.5 Å². The van der Waals surface area contributed by atoms with E-state index in [2.05, 4.69) is 0 Å². The van der Waals surface area contributed by atoms with E-state index in [1.54, 1.807) is 17.0 Å². The second-order valence-electron chi connectivity index (χ2n) is 7.36. The van der Waals surface area contributed by atoms with Crippen molar-refractivity contribution in [3.63, 3.8) is 0 Å². The first kappa shape index (κ1) is 17.8. The molecule has 1 amide bonds. The molecule has 1 aromatic rings. The predicted molar refractivity (Wildman–Crippen MR) is 89.4 cm³/mol. The summed E-state index contributed by atoms with van der Waals surface area (Å²) in [5.41, 5.74) is 0.446. The highest BCUT2D eigenvalue weighted by Gasteiger charge is 2.39. The van der Waals surface area contributed by atoms with Crippen molar-refractivity contribution in [1.29, 1.82) is 0 Å². The van der Waals surface area contributed by atoms with Crippen molar-refractivity contribution in [2.24, 2.45) is 0 Å². The Bertz CT molecular complexity index is 654. The number of benzene rings is 1. The third-order valence-corrected chi connectivity index (χ3v) is 4.43. The molecule has 2 N–H and O–H groups in total. The minimum atomic E-state index is -0.992. The molecule has 2 aliphatic rings. The molecule has 0 saturated carbocycles. The Morgan fingerprint density at radius 2 is 2.16 bits per heavy atom. The Hall–Kier alpha value is -1.99. The summed E-state index contributed by atoms with van der Waals surface area (Å²) in [5, 5.41) is 20.7. The lowest BCUT2D eigenvalue weighted by molar-refractivity contribution is 0.00417. The Kier molecular flexibility index (Phi) is 4.79. The number of carbonyl (C=O) groups is 1. The number of ether oxygens (including phenoxy) is 3. The summed E-state index contributed by atoms with van der Waals surface area (Å²) in [4.78, 5) is 14.0. The van der Waals surface area contributed by atoms with Crippen LogP contribution in [0.2, 0.25) is 0 Å². The van der Waals surface area contributed by atoms with E-state index in [0.29, 0.717) is 35.6 Å². The predicted octanol–water partition coefficient (Wildman–Crippen LogP) is 2.34. The SMILES string of the molecule is CC(C)(C)OC(=O)N1CCC[C@H]1C(O)c1c(CO)ccc2c1OCO2. The zero-order valence-electron chi connectivity index (χ0n) is 14.8. The smallest absolute Gasteiger partial charge is 0.410 e. The van der Waals surface area contributed by atoms with Crippen LogP contribution >= 0.6 is 0 Å². The van der Waals surface area contributed by atoms with Gasteiger partial charge in [-0.3, -0.25) is 0 Å². The van der Waals surface area contributed by atoms with Gasteiger partial charge in [-0.2, -0.15) is 0 Å². The van der Waals surface area contributed by atoms with Crippen LogP contribution in [0, 0.1) is 0 Å². The molecule has 0 aromatic heterocycles. The molecular weight excluding hydrogens is 326 g/mol. The molecule has 0 spiro atoms. The van der Waals surface area contributed by atoms with E-state index in [9.17, 15) is 15.0 Å². The first-order valence-corrected chi connectivity index (χ1v) is 8.51. The summed E-state index contributed by atoms with van der Waals surface area (Å²) in [6.07, 6.45) is -0.00407. The van der Waals surface area contributed by atoms with Gasteiger partial charge in [0.05, 0.1) is 12.6 Å². The van der Waals surface area contributed by atoms with E-state index in [4.69, 9.17) is 14.2 Å². The summed E-state index contributed by atoms with van der Waals surface area (Å²) in [6, 6.07) is 2.99. The van der Waals surface area contributed by atoms with Crippen LogP contribution in [-0.2, 0) is 11.3 Å². The van der Waals surface area contributed by atoms with Gasteiger partial charge in [0.15, 0.2) is 11.5 Å². The largest absolute Gasteiger partial charge is 0.454 e. The molecule has 2 aliphatic heterocycles. The molecule has 7 nitrogen and oxygen atoms in total. The van der Waals surface area contributed by atoms with Crippen LogP contribution in [0.25, 0.3) is 0 Å². The van der Waals surface area contributed by atoms with Crippen LogP contribution < -0.4 is 9.47 Å². The monoisotopic (exact) mass is 351 g/mol. The average Bonchev–Trinajstić information content (AvgIpc) is 3.20. The molecule has 0 bridgehead atoms. The van der Waals surface area contributed by atoms with Gasteiger partial charge in [-0.05, 0) is 45.2 Å². The molecule has 1 unspecified atom stereocenters. The third kappa shape index (κ3) is 3.52. The van der Waals surface area contributed by atoms with Gasteiger partial charge in [0.2, 0.25) is 6.79 Å². The van der Waals surface area contributed by atoms with Gasteiger partial charge in [0.1, 0.15) is 11.7 Å². The number of carbonyl (C=O) groups excluding carboxylic acids is 1. The minimum absolute atomic E-state index is 0.0738. The number of amides is 1. The number of likely N-dealkylation sites (tertiary alicyclic amines) is 1. The van der Waals surface area contributed by atoms with Crippen molar-refractivity contribution in [3.05, 3.63) is 23.3 Å². The number of fused-ring (bicyclic) bond motifs is 1. The zero-order chi connectivity index (χ0) is 18.2. The lowest BCUT2D eigenvalue weighted by Gasteiger charge is -2.32. The molecular formula is C18H25NO6. The van der Waals surface area contributed by atoms with E-state index in [0.717, 1.165) is 6.42 Å². The van der Waals surface area contributed by atoms with E-state index >= 15 is 0 Å². The van der Waals surface area contributed by atoms with E-state index < -0.39 is 23.8 Å². The van der Waals surface area contributed by atoms with Crippen molar-refractivity contribution in [2.45, 2.75) is 58.0 Å². The van der Waals surface area contributed by atoms with Crippen molar-refractivity contribution in [2.75, 3.05) is 13.3 Å². The fraction of sp³-hybridized carbons (Fsp3) is 0.611. The highest BCUT2D eigenvalue weighted by Crippen LogP contribution is 2.44. The highest BCUT2D eigenvalue weighted by molar-refractivity contribution is 5.69. The highest BCUT2D eigenvalue weighted by atomic mass is 16.7. The number of aliphatic hydroxyl groups excluding tert-OH is 2. The molecule has 1 aromatic carbocycles. The number of nitrogens with zero attached hydrogens (tertiary/aromatic N) is 1. The van der Waals surface area contributed by atoms with Gasteiger partial charge in [-0.25, -0.2) is 4.79 Å². The number of aliphatic hydroxyl groups is 2. The molecule has 25 heavy (non-hydrogen) atoms. The Labute approximate surface area is 147 Å². The molecule has 138 valence electrons. The molecule has 1 saturated heterocycles. The maximum atomic E-state index is 12.5. The number of hydrogen-bond acceptors (Lipinski definition) is 6. The molecule has 7 heteroatoms. The molecule has 2 heterocycles. The fourth-order valence-corrected chi connectivity index (χ4v) is 3.36. The lowest BCUT2D eigenvalue weighted by atomic mass is 9.94. The fourth-order valence-electron chi connectivity index (χ4n) is 3.36. The van der Waals surface area contributed by atoms with Crippen molar-refractivity contribution in [3.8, 4) is 11.5 Å². The summed E-state index contributed by atoms with van der Waals surface area (Å²) in [5.74, 6) is 0.975. The van der Waals surface area contributed by atoms with Crippen LogP contribution in [0.1, 0.15) is 50.8 Å². The van der Waals surface area contributed by atoms with Crippen molar-refractivity contribution in [1.82, 2.24) is 4.90 Å². The van der Waals surface area contributed by atoms with Crippen molar-refractivity contribution >= 4 is 6.09 Å². The second kappa shape index (κ2) is 6.72. The Morgan fingerprint density at radius 1 is 1.40 bits per heavy atom. The lowest BCUT2D eigenvalue weighted by Crippen LogP contribution is -2.42. The second-order valence-corrected chi connectivity index (χ2v) is 7.36. The van der Waals surface area contributed by atoms with E-state index in [1.807, 2.05) is 20.8 Å². The molecule has 1 fully saturated rings. The van der Waals surface area contributed by atoms with Gasteiger partial charge in [0, 0.05) is 12.1 Å². The first-order chi connectivity index (χ1) is 11.8. The molecule has 0 aliphatic carbocycles. The van der Waals surface area contributed by atoms with Crippen molar-refractivity contribution < 1.29 is 29.2 Å². The van der Waals surface area contributed by atoms with Crippen LogP contribution in [-0.4, -0.2) is 46.2 Å². The maximum absolute atomic E-state index is 12.5. The van der Waals surface area contributed by atoms with Gasteiger partial charge in [0.25, 0.3) is 0 Å². The Morgan fingerprint density at radius 3 is 2.84 bits per heavy atom. The van der Waals surface area contributed by atoms with E-state index in [-0.39, 0.29) is 13.4 Å². The average molecular weight is 351 g/mol. The maximum Gasteiger partial charge on any atom is 0.410 e. The number of rotatable bonds is 3. The Balaban J connectivity index is 1.89. The quantitative estimate of drug-likeness (QED) is 0.869. The van der Waals surface area contributed by atoms with Crippen LogP contribution in [0.4, 0.5) is 4.79 Å². The first-order valence-electron chi connectivity index (χ1n) is 8.51.